The molecule has 0 spiro atoms. The zero-order chi connectivity index (χ0) is 22.7. The van der Waals surface area contributed by atoms with Crippen LogP contribution < -0.4 is 0 Å². The van der Waals surface area contributed by atoms with E-state index in [9.17, 15) is 0 Å². The number of fused-ring (bicyclic) bond motifs is 15. The molecule has 0 radical (unpaired) electrons. The van der Waals surface area contributed by atoms with Crippen molar-refractivity contribution in [3.63, 3.8) is 0 Å². The molecule has 0 amide bonds. The van der Waals surface area contributed by atoms with Crippen molar-refractivity contribution in [1.29, 1.82) is 0 Å². The molecule has 9 rings (SSSR count). The standard InChI is InChI=1S/C31H16N2OS/c1-5-11-26-17(7-1)20-14-13-19-21-15-22-18-8-2-6-12-27(18)35-28(22)16-25(21)33-24-10-4-3-9-23(24)32-31(33)29(19)30(20)34-26/h1-16H. The van der Waals surface area contributed by atoms with Gasteiger partial charge in [0.2, 0.25) is 0 Å². The Hall–Kier alpha value is -4.41. The van der Waals surface area contributed by atoms with E-state index in [-0.39, 0.29) is 0 Å². The van der Waals surface area contributed by atoms with Gasteiger partial charge in [0.05, 0.1) is 21.9 Å². The fourth-order valence-corrected chi connectivity index (χ4v) is 6.96. The summed E-state index contributed by atoms with van der Waals surface area (Å²) < 4.78 is 11.4. The van der Waals surface area contributed by atoms with E-state index in [1.54, 1.807) is 0 Å². The van der Waals surface area contributed by atoms with Crippen molar-refractivity contribution in [3.05, 3.63) is 97.1 Å². The van der Waals surface area contributed by atoms with Crippen LogP contribution in [0.3, 0.4) is 0 Å². The first kappa shape index (κ1) is 18.0. The molecule has 4 aromatic heterocycles. The molecular weight excluding hydrogens is 448 g/mol. The van der Waals surface area contributed by atoms with Crippen LogP contribution in [0.25, 0.3) is 80.5 Å². The first-order valence-electron chi connectivity index (χ1n) is 11.7. The fourth-order valence-electron chi connectivity index (χ4n) is 5.83. The number of furan rings is 1. The molecule has 0 N–H and O–H groups in total. The molecule has 0 aliphatic carbocycles. The zero-order valence-electron chi connectivity index (χ0n) is 18.4. The van der Waals surface area contributed by atoms with Gasteiger partial charge in [-0.3, -0.25) is 4.40 Å². The highest BCUT2D eigenvalue weighted by molar-refractivity contribution is 7.25. The summed E-state index contributed by atoms with van der Waals surface area (Å²) in [6, 6.07) is 34.5. The van der Waals surface area contributed by atoms with Gasteiger partial charge in [-0.05, 0) is 47.9 Å². The van der Waals surface area contributed by atoms with Gasteiger partial charge < -0.3 is 4.42 Å². The second kappa shape index (κ2) is 6.17. The van der Waals surface area contributed by atoms with Gasteiger partial charge in [0.25, 0.3) is 0 Å². The normalized spacial score (nSPS) is 12.6. The van der Waals surface area contributed by atoms with Gasteiger partial charge >= 0.3 is 0 Å². The summed E-state index contributed by atoms with van der Waals surface area (Å²) >= 11 is 1.85. The maximum absolute atomic E-state index is 6.51. The Morgan fingerprint density at radius 3 is 2.37 bits per heavy atom. The van der Waals surface area contributed by atoms with Gasteiger partial charge in [0.15, 0.2) is 0 Å². The topological polar surface area (TPSA) is 30.4 Å². The molecule has 0 saturated heterocycles. The summed E-state index contributed by atoms with van der Waals surface area (Å²) in [4.78, 5) is 5.14. The van der Waals surface area contributed by atoms with Crippen LogP contribution in [0.5, 0.6) is 0 Å². The zero-order valence-corrected chi connectivity index (χ0v) is 19.3. The molecule has 5 aromatic carbocycles. The van der Waals surface area contributed by atoms with E-state index in [0.29, 0.717) is 0 Å². The largest absolute Gasteiger partial charge is 0.455 e. The number of imidazole rings is 1. The first-order chi connectivity index (χ1) is 17.3. The second-order valence-electron chi connectivity index (χ2n) is 9.19. The van der Waals surface area contributed by atoms with Gasteiger partial charge in [-0.25, -0.2) is 4.98 Å². The summed E-state index contributed by atoms with van der Waals surface area (Å²) in [5.41, 5.74) is 6.04. The molecular formula is C31H16N2OS. The molecule has 4 heterocycles. The Bertz CT molecular complexity index is 2330. The van der Waals surface area contributed by atoms with Crippen molar-refractivity contribution in [2.24, 2.45) is 0 Å². The number of aromatic nitrogens is 2. The van der Waals surface area contributed by atoms with Gasteiger partial charge in [0.1, 0.15) is 16.8 Å². The number of benzene rings is 5. The summed E-state index contributed by atoms with van der Waals surface area (Å²) in [7, 11) is 0. The Balaban J connectivity index is 1.63. The van der Waals surface area contributed by atoms with E-state index in [1.807, 2.05) is 23.5 Å². The van der Waals surface area contributed by atoms with E-state index >= 15 is 0 Å². The molecule has 0 bridgehead atoms. The molecule has 0 fully saturated rings. The Morgan fingerprint density at radius 2 is 1.40 bits per heavy atom. The molecule has 9 aromatic rings. The molecule has 35 heavy (non-hydrogen) atoms. The predicted molar refractivity (Wildman–Crippen MR) is 148 cm³/mol. The summed E-state index contributed by atoms with van der Waals surface area (Å²) in [5.74, 6) is 0. The summed E-state index contributed by atoms with van der Waals surface area (Å²) in [6.07, 6.45) is 0. The van der Waals surface area contributed by atoms with E-state index in [4.69, 9.17) is 9.40 Å². The second-order valence-corrected chi connectivity index (χ2v) is 10.3. The third-order valence-corrected chi connectivity index (χ3v) is 8.49. The Morgan fingerprint density at radius 1 is 0.600 bits per heavy atom. The minimum Gasteiger partial charge on any atom is -0.455 e. The van der Waals surface area contributed by atoms with E-state index in [1.165, 1.54) is 36.5 Å². The lowest BCUT2D eigenvalue weighted by Gasteiger charge is -2.10. The quantitative estimate of drug-likeness (QED) is 0.210. The average molecular weight is 465 g/mol. The SMILES string of the molecule is c1ccc2c(c1)nc1c3c(ccc4c5ccccc5oc43)c3cc4c(cc3n21)sc1ccccc14. The van der Waals surface area contributed by atoms with Crippen LogP contribution in [0.1, 0.15) is 0 Å². The maximum atomic E-state index is 6.51. The van der Waals surface area contributed by atoms with Gasteiger partial charge in [0, 0.05) is 36.3 Å². The van der Waals surface area contributed by atoms with Crippen molar-refractivity contribution in [1.82, 2.24) is 9.38 Å². The summed E-state index contributed by atoms with van der Waals surface area (Å²) in [5, 5.41) is 8.33. The smallest absolute Gasteiger partial charge is 0.150 e. The molecule has 0 saturated carbocycles. The van der Waals surface area contributed by atoms with Gasteiger partial charge in [-0.1, -0.05) is 54.6 Å². The number of pyridine rings is 1. The number of hydrogen-bond acceptors (Lipinski definition) is 3. The van der Waals surface area contributed by atoms with Crippen molar-refractivity contribution >= 4 is 91.8 Å². The lowest BCUT2D eigenvalue weighted by molar-refractivity contribution is 0.673. The average Bonchev–Trinajstić information content (AvgIpc) is 3.58. The van der Waals surface area contributed by atoms with E-state index in [0.717, 1.165) is 44.0 Å². The highest BCUT2D eigenvalue weighted by atomic mass is 32.1. The first-order valence-corrected chi connectivity index (χ1v) is 12.5. The summed E-state index contributed by atoms with van der Waals surface area (Å²) in [6.45, 7) is 0. The molecule has 0 atom stereocenters. The molecule has 0 aliphatic heterocycles. The van der Waals surface area contributed by atoms with Crippen molar-refractivity contribution in [2.75, 3.05) is 0 Å². The monoisotopic (exact) mass is 464 g/mol. The molecule has 0 unspecified atom stereocenters. The molecule has 3 nitrogen and oxygen atoms in total. The predicted octanol–water partition coefficient (Wildman–Crippen LogP) is 9.06. The van der Waals surface area contributed by atoms with Crippen LogP contribution in [0, 0.1) is 0 Å². The Labute approximate surface area is 202 Å². The van der Waals surface area contributed by atoms with Crippen molar-refractivity contribution in [2.45, 2.75) is 0 Å². The fraction of sp³-hybridized carbons (Fsp3) is 0. The number of para-hydroxylation sites is 3. The van der Waals surface area contributed by atoms with Crippen LogP contribution >= 0.6 is 11.3 Å². The maximum Gasteiger partial charge on any atom is 0.150 e. The van der Waals surface area contributed by atoms with Crippen molar-refractivity contribution < 1.29 is 4.42 Å². The van der Waals surface area contributed by atoms with Gasteiger partial charge in [-0.2, -0.15) is 0 Å². The minimum atomic E-state index is 0.904. The van der Waals surface area contributed by atoms with Crippen LogP contribution in [-0.2, 0) is 0 Å². The van der Waals surface area contributed by atoms with Crippen LogP contribution in [0.4, 0.5) is 0 Å². The van der Waals surface area contributed by atoms with E-state index in [2.05, 4.69) is 89.3 Å². The Kier molecular flexibility index (Phi) is 3.17. The highest BCUT2D eigenvalue weighted by Crippen LogP contribution is 2.43. The van der Waals surface area contributed by atoms with Crippen LogP contribution in [0.2, 0.25) is 0 Å². The molecule has 162 valence electrons. The third kappa shape index (κ3) is 2.18. The highest BCUT2D eigenvalue weighted by Gasteiger charge is 2.20. The van der Waals surface area contributed by atoms with Crippen molar-refractivity contribution in [3.8, 4) is 0 Å². The van der Waals surface area contributed by atoms with E-state index < -0.39 is 0 Å². The third-order valence-electron chi connectivity index (χ3n) is 7.36. The number of nitrogens with zero attached hydrogens (tertiary/aromatic N) is 2. The number of rotatable bonds is 0. The van der Waals surface area contributed by atoms with Crippen LogP contribution in [0.15, 0.2) is 101 Å². The molecule has 4 heteroatoms. The number of hydrogen-bond donors (Lipinski definition) is 0. The minimum absolute atomic E-state index is 0.904. The lowest BCUT2D eigenvalue weighted by atomic mass is 10.0. The molecule has 0 aliphatic rings. The lowest BCUT2D eigenvalue weighted by Crippen LogP contribution is -1.92. The number of thiophene rings is 1. The van der Waals surface area contributed by atoms with Crippen LogP contribution in [-0.4, -0.2) is 9.38 Å². The van der Waals surface area contributed by atoms with Gasteiger partial charge in [-0.15, -0.1) is 11.3 Å².